The normalized spacial score (nSPS) is 10.6. The van der Waals surface area contributed by atoms with Gasteiger partial charge in [-0.05, 0) is 46.9 Å². The molecule has 2 aromatic carbocycles. The number of benzene rings is 2. The Bertz CT molecular complexity index is 775. The van der Waals surface area contributed by atoms with E-state index in [1.54, 1.807) is 6.07 Å². The second-order valence-corrected chi connectivity index (χ2v) is 6.08. The van der Waals surface area contributed by atoms with Gasteiger partial charge in [0.05, 0.1) is 30.2 Å². The van der Waals surface area contributed by atoms with Gasteiger partial charge in [0.25, 0.3) is 5.91 Å². The molecule has 0 bridgehead atoms. The molecule has 2 N–H and O–H groups in total. The third-order valence-corrected chi connectivity index (χ3v) is 3.73. The van der Waals surface area contributed by atoms with Gasteiger partial charge in [-0.2, -0.15) is 0 Å². The molecular formula is C16H14F3IN2O3. The lowest BCUT2D eigenvalue weighted by molar-refractivity contribution is 0.00891. The van der Waals surface area contributed by atoms with Crippen molar-refractivity contribution >= 4 is 39.9 Å². The maximum absolute atomic E-state index is 14.0. The summed E-state index contributed by atoms with van der Waals surface area (Å²) in [5.74, 6) is -3.80. The molecule has 25 heavy (non-hydrogen) atoms. The second kappa shape index (κ2) is 9.02. The van der Waals surface area contributed by atoms with E-state index in [4.69, 9.17) is 9.57 Å². The monoisotopic (exact) mass is 466 g/mol. The lowest BCUT2D eigenvalue weighted by atomic mass is 10.1. The minimum Gasteiger partial charge on any atom is -0.382 e. The van der Waals surface area contributed by atoms with Crippen LogP contribution in [0.4, 0.5) is 24.5 Å². The summed E-state index contributed by atoms with van der Waals surface area (Å²) >= 11 is 1.93. The number of carbonyl (C=O) groups is 1. The fraction of sp³-hybridized carbons (Fsp3) is 0.188. The predicted octanol–water partition coefficient (Wildman–Crippen LogP) is 3.76. The van der Waals surface area contributed by atoms with Gasteiger partial charge in [-0.25, -0.2) is 18.7 Å². The molecule has 2 aromatic rings. The molecule has 9 heteroatoms. The van der Waals surface area contributed by atoms with E-state index in [1.807, 2.05) is 22.6 Å². The molecule has 0 saturated heterocycles. The van der Waals surface area contributed by atoms with Gasteiger partial charge in [0.15, 0.2) is 11.6 Å². The molecule has 134 valence electrons. The van der Waals surface area contributed by atoms with E-state index in [0.717, 1.165) is 6.07 Å². The molecule has 0 spiro atoms. The quantitative estimate of drug-likeness (QED) is 0.371. The van der Waals surface area contributed by atoms with Crippen LogP contribution in [0.2, 0.25) is 0 Å². The van der Waals surface area contributed by atoms with Crippen molar-refractivity contribution in [3.63, 3.8) is 0 Å². The molecule has 0 saturated carbocycles. The van der Waals surface area contributed by atoms with Gasteiger partial charge < -0.3 is 10.1 Å². The maximum atomic E-state index is 14.0. The summed E-state index contributed by atoms with van der Waals surface area (Å²) in [7, 11) is 1.46. The number of halogens is 4. The Balaban J connectivity index is 2.26. The molecule has 0 aliphatic carbocycles. The molecule has 0 aliphatic rings. The van der Waals surface area contributed by atoms with Crippen molar-refractivity contribution in [1.82, 2.24) is 5.48 Å². The van der Waals surface area contributed by atoms with E-state index in [0.29, 0.717) is 9.64 Å². The van der Waals surface area contributed by atoms with Crippen LogP contribution in [0.1, 0.15) is 10.4 Å². The van der Waals surface area contributed by atoms with Gasteiger partial charge in [-0.1, -0.05) is 0 Å². The van der Waals surface area contributed by atoms with Crippen LogP contribution in [0.25, 0.3) is 0 Å². The summed E-state index contributed by atoms with van der Waals surface area (Å²) in [5.41, 5.74) is 1.76. The summed E-state index contributed by atoms with van der Waals surface area (Å²) in [6.07, 6.45) is 0. The summed E-state index contributed by atoms with van der Waals surface area (Å²) in [6, 6.07) is 5.79. The summed E-state index contributed by atoms with van der Waals surface area (Å²) < 4.78 is 46.4. The molecule has 0 radical (unpaired) electrons. The van der Waals surface area contributed by atoms with Gasteiger partial charge in [-0.15, -0.1) is 0 Å². The zero-order valence-electron chi connectivity index (χ0n) is 13.0. The van der Waals surface area contributed by atoms with Gasteiger partial charge in [0, 0.05) is 16.7 Å². The van der Waals surface area contributed by atoms with Crippen molar-refractivity contribution in [3.05, 3.63) is 56.9 Å². The molecular weight excluding hydrogens is 452 g/mol. The lowest BCUT2D eigenvalue weighted by Crippen LogP contribution is -2.26. The van der Waals surface area contributed by atoms with Gasteiger partial charge >= 0.3 is 0 Å². The fourth-order valence-corrected chi connectivity index (χ4v) is 2.32. The summed E-state index contributed by atoms with van der Waals surface area (Å²) in [5, 5.41) is 2.59. The van der Waals surface area contributed by atoms with Gasteiger partial charge in [0.2, 0.25) is 0 Å². The number of anilines is 2. The van der Waals surface area contributed by atoms with Crippen molar-refractivity contribution in [2.24, 2.45) is 0 Å². The number of carbonyl (C=O) groups excluding carboxylic acids is 1. The van der Waals surface area contributed by atoms with Crippen molar-refractivity contribution in [3.8, 4) is 0 Å². The van der Waals surface area contributed by atoms with Crippen LogP contribution in [-0.4, -0.2) is 26.2 Å². The van der Waals surface area contributed by atoms with Crippen molar-refractivity contribution in [2.75, 3.05) is 25.6 Å². The lowest BCUT2D eigenvalue weighted by Gasteiger charge is -2.14. The third-order valence-electron chi connectivity index (χ3n) is 3.06. The average Bonchev–Trinajstić information content (AvgIpc) is 2.57. The SMILES string of the molecule is COCCONC(=O)c1cc(F)c(F)cc1Nc1ccc(I)cc1F. The first-order chi connectivity index (χ1) is 11.9. The molecule has 0 heterocycles. The van der Waals surface area contributed by atoms with Crippen LogP contribution in [0, 0.1) is 21.0 Å². The Morgan fingerprint density at radius 2 is 1.76 bits per heavy atom. The van der Waals surface area contributed by atoms with Crippen LogP contribution >= 0.6 is 22.6 Å². The van der Waals surface area contributed by atoms with Crippen molar-refractivity contribution in [1.29, 1.82) is 0 Å². The van der Waals surface area contributed by atoms with Crippen molar-refractivity contribution in [2.45, 2.75) is 0 Å². The zero-order valence-corrected chi connectivity index (χ0v) is 15.2. The topological polar surface area (TPSA) is 59.6 Å². The fourth-order valence-electron chi connectivity index (χ4n) is 1.87. The Kier molecular flexibility index (Phi) is 7.02. The highest BCUT2D eigenvalue weighted by atomic mass is 127. The third kappa shape index (κ3) is 5.31. The maximum Gasteiger partial charge on any atom is 0.277 e. The Labute approximate surface area is 155 Å². The average molecular weight is 466 g/mol. The van der Waals surface area contributed by atoms with E-state index >= 15 is 0 Å². The Hall–Kier alpha value is -1.85. The van der Waals surface area contributed by atoms with Crippen LogP contribution in [0.3, 0.4) is 0 Å². The standard InChI is InChI=1S/C16H14F3IN2O3/c1-24-4-5-25-22-16(23)10-7-11(17)12(18)8-15(10)21-14-3-2-9(20)6-13(14)19/h2-3,6-8,21H,4-5H2,1H3,(H,22,23). The smallest absolute Gasteiger partial charge is 0.277 e. The molecule has 5 nitrogen and oxygen atoms in total. The number of amides is 1. The second-order valence-electron chi connectivity index (χ2n) is 4.83. The molecule has 0 aromatic heterocycles. The number of nitrogens with one attached hydrogen (secondary N) is 2. The van der Waals surface area contributed by atoms with Crippen LogP contribution in [0.15, 0.2) is 30.3 Å². The van der Waals surface area contributed by atoms with Gasteiger partial charge in [0.1, 0.15) is 5.82 Å². The van der Waals surface area contributed by atoms with Crippen LogP contribution in [0.5, 0.6) is 0 Å². The first kappa shape index (κ1) is 19.5. The Morgan fingerprint density at radius 3 is 2.44 bits per heavy atom. The number of hydroxylamine groups is 1. The van der Waals surface area contributed by atoms with Crippen molar-refractivity contribution < 1.29 is 27.5 Å². The minimum atomic E-state index is -1.21. The molecule has 0 atom stereocenters. The highest BCUT2D eigenvalue weighted by molar-refractivity contribution is 14.1. The van der Waals surface area contributed by atoms with E-state index in [1.165, 1.54) is 19.2 Å². The van der Waals surface area contributed by atoms with Crippen LogP contribution in [-0.2, 0) is 9.57 Å². The van der Waals surface area contributed by atoms with E-state index in [2.05, 4.69) is 10.8 Å². The number of rotatable bonds is 7. The molecule has 1 amide bonds. The molecule has 2 rings (SSSR count). The highest BCUT2D eigenvalue weighted by Crippen LogP contribution is 2.26. The summed E-state index contributed by atoms with van der Waals surface area (Å²) in [6.45, 7) is 0.303. The number of ether oxygens (including phenoxy) is 1. The largest absolute Gasteiger partial charge is 0.382 e. The van der Waals surface area contributed by atoms with E-state index in [9.17, 15) is 18.0 Å². The predicted molar refractivity (Wildman–Crippen MR) is 94.1 cm³/mol. The van der Waals surface area contributed by atoms with Crippen LogP contribution < -0.4 is 10.8 Å². The zero-order chi connectivity index (χ0) is 18.4. The molecule has 0 aliphatic heterocycles. The van der Waals surface area contributed by atoms with E-state index < -0.39 is 23.4 Å². The van der Waals surface area contributed by atoms with E-state index in [-0.39, 0.29) is 30.2 Å². The summed E-state index contributed by atoms with van der Waals surface area (Å²) in [4.78, 5) is 17.0. The first-order valence-electron chi connectivity index (χ1n) is 7.04. The minimum absolute atomic E-state index is 0.0146. The molecule has 0 fully saturated rings. The number of hydrogen-bond donors (Lipinski definition) is 2. The molecule has 0 unspecified atom stereocenters. The number of methoxy groups -OCH3 is 1. The van der Waals surface area contributed by atoms with Gasteiger partial charge in [-0.3, -0.25) is 9.63 Å². The highest BCUT2D eigenvalue weighted by Gasteiger charge is 2.17. The Morgan fingerprint density at radius 1 is 1.04 bits per heavy atom. The number of hydrogen-bond acceptors (Lipinski definition) is 4. The first-order valence-corrected chi connectivity index (χ1v) is 8.12.